The molecule has 0 saturated carbocycles. The van der Waals surface area contributed by atoms with Crippen molar-refractivity contribution in [1.82, 2.24) is 4.90 Å². The second-order valence-corrected chi connectivity index (χ2v) is 5.62. The molecule has 0 atom stereocenters. The molecule has 1 aliphatic rings. The number of hydrogen-bond donors (Lipinski definition) is 2. The molecule has 0 spiro atoms. The Balaban J connectivity index is 1.56. The highest BCUT2D eigenvalue weighted by molar-refractivity contribution is 5.89. The number of phenols is 1. The van der Waals surface area contributed by atoms with Gasteiger partial charge in [0.15, 0.2) is 0 Å². The Morgan fingerprint density at radius 3 is 2.33 bits per heavy atom. The number of methoxy groups -OCH3 is 1. The first-order valence-corrected chi connectivity index (χ1v) is 7.90. The summed E-state index contributed by atoms with van der Waals surface area (Å²) in [5.41, 5.74) is 1.55. The normalized spacial score (nSPS) is 14.4. The number of ether oxygens (including phenoxy) is 1. The highest BCUT2D eigenvalue weighted by Crippen LogP contribution is 2.27. The number of nitrogens with one attached hydrogen (secondary N) is 1. The number of hydrogen-bond acceptors (Lipinski definition) is 4. The average Bonchev–Trinajstić information content (AvgIpc) is 2.63. The number of carbonyl (C=O) groups is 1. The van der Waals surface area contributed by atoms with E-state index < -0.39 is 0 Å². The van der Waals surface area contributed by atoms with Crippen LogP contribution in [0, 0.1) is 0 Å². The summed E-state index contributed by atoms with van der Waals surface area (Å²) in [6.45, 7) is 2.59. The number of amides is 2. The Hall–Kier alpha value is -2.89. The minimum atomic E-state index is -0.114. The van der Waals surface area contributed by atoms with E-state index in [4.69, 9.17) is 4.74 Å². The van der Waals surface area contributed by atoms with Gasteiger partial charge in [-0.1, -0.05) is 12.1 Å². The van der Waals surface area contributed by atoms with Crippen LogP contribution in [-0.2, 0) is 0 Å². The first kappa shape index (κ1) is 16.0. The van der Waals surface area contributed by atoms with Crippen molar-refractivity contribution in [1.29, 1.82) is 0 Å². The van der Waals surface area contributed by atoms with Crippen molar-refractivity contribution in [2.24, 2.45) is 0 Å². The Kier molecular flexibility index (Phi) is 4.74. The predicted molar refractivity (Wildman–Crippen MR) is 93.9 cm³/mol. The van der Waals surface area contributed by atoms with E-state index in [1.807, 2.05) is 36.4 Å². The van der Waals surface area contributed by atoms with Gasteiger partial charge in [-0.05, 0) is 36.4 Å². The monoisotopic (exact) mass is 327 g/mol. The number of anilines is 2. The van der Waals surface area contributed by atoms with Crippen LogP contribution in [0.1, 0.15) is 0 Å². The molecule has 2 aromatic rings. The largest absolute Gasteiger partial charge is 0.506 e. The van der Waals surface area contributed by atoms with E-state index in [0.29, 0.717) is 26.2 Å². The number of nitrogens with zero attached hydrogens (tertiary/aromatic N) is 2. The lowest BCUT2D eigenvalue weighted by atomic mass is 10.2. The van der Waals surface area contributed by atoms with Gasteiger partial charge in [0.2, 0.25) is 0 Å². The summed E-state index contributed by atoms with van der Waals surface area (Å²) in [5, 5.41) is 12.8. The van der Waals surface area contributed by atoms with Gasteiger partial charge in [0.1, 0.15) is 11.5 Å². The summed E-state index contributed by atoms with van der Waals surface area (Å²) < 4.78 is 5.10. The topological polar surface area (TPSA) is 65.0 Å². The quantitative estimate of drug-likeness (QED) is 0.910. The molecule has 6 nitrogen and oxygen atoms in total. The third kappa shape index (κ3) is 3.53. The molecule has 0 unspecified atom stereocenters. The number of rotatable bonds is 3. The summed E-state index contributed by atoms with van der Waals surface area (Å²) in [4.78, 5) is 16.2. The summed E-state index contributed by atoms with van der Waals surface area (Å²) >= 11 is 0. The number of urea groups is 1. The van der Waals surface area contributed by atoms with Crippen LogP contribution in [0.15, 0.2) is 48.5 Å². The molecule has 0 aliphatic carbocycles. The van der Waals surface area contributed by atoms with Gasteiger partial charge in [0, 0.05) is 31.9 Å². The van der Waals surface area contributed by atoms with Crippen molar-refractivity contribution in [2.75, 3.05) is 43.5 Å². The van der Waals surface area contributed by atoms with Crippen LogP contribution in [0.25, 0.3) is 0 Å². The molecule has 2 aromatic carbocycles. The van der Waals surface area contributed by atoms with E-state index >= 15 is 0 Å². The van der Waals surface area contributed by atoms with E-state index in [-0.39, 0.29) is 11.8 Å². The fraction of sp³-hybridized carbons (Fsp3) is 0.278. The van der Waals surface area contributed by atoms with E-state index in [1.54, 1.807) is 24.1 Å². The predicted octanol–water partition coefficient (Wildman–Crippen LogP) is 2.75. The molecule has 0 aromatic heterocycles. The second kappa shape index (κ2) is 7.12. The van der Waals surface area contributed by atoms with Crippen LogP contribution in [0.3, 0.4) is 0 Å². The molecular weight excluding hydrogens is 306 g/mol. The van der Waals surface area contributed by atoms with Crippen molar-refractivity contribution in [3.8, 4) is 11.5 Å². The van der Waals surface area contributed by atoms with Crippen molar-refractivity contribution in [2.45, 2.75) is 0 Å². The molecule has 3 rings (SSSR count). The molecule has 6 heteroatoms. The zero-order chi connectivity index (χ0) is 16.9. The minimum Gasteiger partial charge on any atom is -0.506 e. The Labute approximate surface area is 141 Å². The zero-order valence-corrected chi connectivity index (χ0v) is 13.6. The number of carbonyl (C=O) groups excluding carboxylic acids is 1. The van der Waals surface area contributed by atoms with E-state index in [1.165, 1.54) is 0 Å². The van der Waals surface area contributed by atoms with E-state index in [9.17, 15) is 9.90 Å². The Bertz CT molecular complexity index is 695. The number of phenolic OH excluding ortho intramolecular Hbond substituents is 1. The maximum Gasteiger partial charge on any atom is 0.321 e. The molecule has 1 fully saturated rings. The first-order valence-electron chi connectivity index (χ1n) is 7.90. The summed E-state index contributed by atoms with van der Waals surface area (Å²) in [7, 11) is 1.61. The van der Waals surface area contributed by atoms with E-state index in [2.05, 4.69) is 10.2 Å². The van der Waals surface area contributed by atoms with Gasteiger partial charge >= 0.3 is 6.03 Å². The van der Waals surface area contributed by atoms with Gasteiger partial charge in [0.25, 0.3) is 0 Å². The van der Waals surface area contributed by atoms with Crippen LogP contribution < -0.4 is 15.0 Å². The highest BCUT2D eigenvalue weighted by atomic mass is 16.5. The fourth-order valence-electron chi connectivity index (χ4n) is 2.76. The fourth-order valence-corrected chi connectivity index (χ4v) is 2.76. The molecule has 2 N–H and O–H groups in total. The average molecular weight is 327 g/mol. The number of piperazine rings is 1. The van der Waals surface area contributed by atoms with Crippen LogP contribution in [-0.4, -0.2) is 49.3 Å². The van der Waals surface area contributed by atoms with Crippen LogP contribution in [0.4, 0.5) is 16.2 Å². The van der Waals surface area contributed by atoms with Gasteiger partial charge in [-0.15, -0.1) is 0 Å². The summed E-state index contributed by atoms with van der Waals surface area (Å²) in [6, 6.07) is 14.4. The third-order valence-corrected chi connectivity index (χ3v) is 4.13. The SMILES string of the molecule is COc1ccc(NC(=O)N2CCN(c3ccccc3O)CC2)cc1. The van der Waals surface area contributed by atoms with Crippen molar-refractivity contribution in [3.63, 3.8) is 0 Å². The maximum atomic E-state index is 12.3. The van der Waals surface area contributed by atoms with Gasteiger partial charge in [0.05, 0.1) is 12.8 Å². The van der Waals surface area contributed by atoms with Gasteiger partial charge in [-0.2, -0.15) is 0 Å². The number of para-hydroxylation sites is 2. The molecule has 1 aliphatic heterocycles. The minimum absolute atomic E-state index is 0.114. The molecule has 2 amide bonds. The Morgan fingerprint density at radius 2 is 1.71 bits per heavy atom. The Morgan fingerprint density at radius 1 is 1.04 bits per heavy atom. The molecule has 0 bridgehead atoms. The molecule has 0 radical (unpaired) electrons. The lowest BCUT2D eigenvalue weighted by Crippen LogP contribution is -2.50. The molecule has 1 heterocycles. The van der Waals surface area contributed by atoms with Gasteiger partial charge in [-0.3, -0.25) is 0 Å². The maximum absolute atomic E-state index is 12.3. The molecule has 24 heavy (non-hydrogen) atoms. The van der Waals surface area contributed by atoms with Gasteiger partial charge in [-0.25, -0.2) is 4.79 Å². The lowest BCUT2D eigenvalue weighted by Gasteiger charge is -2.36. The zero-order valence-electron chi connectivity index (χ0n) is 13.6. The van der Waals surface area contributed by atoms with Crippen LogP contribution in [0.2, 0.25) is 0 Å². The molecular formula is C18H21N3O3. The summed E-state index contributed by atoms with van der Waals surface area (Å²) in [6.07, 6.45) is 0. The van der Waals surface area contributed by atoms with Crippen LogP contribution in [0.5, 0.6) is 11.5 Å². The number of benzene rings is 2. The first-order chi connectivity index (χ1) is 11.7. The van der Waals surface area contributed by atoms with Crippen molar-refractivity contribution >= 4 is 17.4 Å². The van der Waals surface area contributed by atoms with Crippen LogP contribution >= 0.6 is 0 Å². The van der Waals surface area contributed by atoms with Gasteiger partial charge < -0.3 is 25.0 Å². The molecule has 126 valence electrons. The lowest BCUT2D eigenvalue weighted by molar-refractivity contribution is 0.208. The highest BCUT2D eigenvalue weighted by Gasteiger charge is 2.22. The summed E-state index contributed by atoms with van der Waals surface area (Å²) in [5.74, 6) is 1.03. The van der Waals surface area contributed by atoms with Crippen molar-refractivity contribution < 1.29 is 14.6 Å². The standard InChI is InChI=1S/C18H21N3O3/c1-24-15-8-6-14(7-9-15)19-18(23)21-12-10-20(11-13-21)16-4-2-3-5-17(16)22/h2-9,22H,10-13H2,1H3,(H,19,23). The van der Waals surface area contributed by atoms with Crippen molar-refractivity contribution in [3.05, 3.63) is 48.5 Å². The second-order valence-electron chi connectivity index (χ2n) is 5.62. The third-order valence-electron chi connectivity index (χ3n) is 4.13. The molecule has 1 saturated heterocycles. The number of aromatic hydroxyl groups is 1. The van der Waals surface area contributed by atoms with E-state index in [0.717, 1.165) is 17.1 Å². The smallest absolute Gasteiger partial charge is 0.321 e.